The number of likely N-dealkylation sites (tertiary alicyclic amines) is 1. The van der Waals surface area contributed by atoms with E-state index in [1.165, 1.54) is 11.1 Å². The normalized spacial score (nSPS) is 19.5. The molecule has 132 valence electrons. The van der Waals surface area contributed by atoms with E-state index in [1.54, 1.807) is 0 Å². The number of carbonyl (C=O) groups is 1. The van der Waals surface area contributed by atoms with Crippen molar-refractivity contribution in [3.05, 3.63) is 29.3 Å². The van der Waals surface area contributed by atoms with Crippen molar-refractivity contribution in [2.24, 2.45) is 0 Å². The van der Waals surface area contributed by atoms with Gasteiger partial charge in [0, 0.05) is 25.9 Å². The Balaban J connectivity index is 1.36. The maximum Gasteiger partial charge on any atom is 0.317 e. The molecule has 6 nitrogen and oxygen atoms in total. The molecular weight excluding hydrogens is 308 g/mol. The van der Waals surface area contributed by atoms with Crippen LogP contribution in [0.1, 0.15) is 24.0 Å². The number of amides is 2. The van der Waals surface area contributed by atoms with E-state index >= 15 is 0 Å². The summed E-state index contributed by atoms with van der Waals surface area (Å²) in [7, 11) is 0. The lowest BCUT2D eigenvalue weighted by Gasteiger charge is -2.37. The summed E-state index contributed by atoms with van der Waals surface area (Å²) in [6, 6.07) is 5.96. The highest BCUT2D eigenvalue weighted by molar-refractivity contribution is 5.74. The number of carbonyl (C=O) groups excluding carboxylic acids is 1. The van der Waals surface area contributed by atoms with Gasteiger partial charge in [-0.2, -0.15) is 0 Å². The lowest BCUT2D eigenvalue weighted by molar-refractivity contribution is -0.181. The fourth-order valence-corrected chi connectivity index (χ4v) is 3.08. The number of nitrogens with zero attached hydrogens (tertiary/aromatic N) is 1. The first-order valence-corrected chi connectivity index (χ1v) is 8.59. The van der Waals surface area contributed by atoms with Crippen LogP contribution in [-0.2, 0) is 9.47 Å². The Bertz CT molecular complexity index is 574. The van der Waals surface area contributed by atoms with E-state index in [9.17, 15) is 4.79 Å². The van der Waals surface area contributed by atoms with Crippen molar-refractivity contribution in [3.8, 4) is 5.75 Å². The number of hydrogen-bond acceptors (Lipinski definition) is 4. The average Bonchev–Trinajstić information content (AvgIpc) is 3.03. The fraction of sp³-hybridized carbons (Fsp3) is 0.611. The third kappa shape index (κ3) is 3.99. The standard InChI is InChI=1S/C18H26N2O4/c1-14-3-4-16(13-15(14)2)22-10-7-19-17(21)20-8-5-18(6-9-20)23-11-12-24-18/h3-4,13H,5-12H2,1-2H3,(H,19,21). The molecule has 0 saturated carbocycles. The second kappa shape index (κ2) is 7.40. The zero-order chi connectivity index (χ0) is 17.0. The van der Waals surface area contributed by atoms with Crippen LogP contribution in [0.3, 0.4) is 0 Å². The summed E-state index contributed by atoms with van der Waals surface area (Å²) in [6.07, 6.45) is 1.47. The molecule has 1 spiro atoms. The SMILES string of the molecule is Cc1ccc(OCCNC(=O)N2CCC3(CC2)OCCO3)cc1C. The molecular formula is C18H26N2O4. The first-order chi connectivity index (χ1) is 11.6. The Morgan fingerprint density at radius 1 is 1.21 bits per heavy atom. The molecule has 2 heterocycles. The van der Waals surface area contributed by atoms with Gasteiger partial charge in [-0.1, -0.05) is 6.07 Å². The van der Waals surface area contributed by atoms with Gasteiger partial charge in [-0.05, 0) is 37.1 Å². The molecule has 6 heteroatoms. The molecule has 24 heavy (non-hydrogen) atoms. The Kier molecular flexibility index (Phi) is 5.26. The largest absolute Gasteiger partial charge is 0.492 e. The first-order valence-electron chi connectivity index (χ1n) is 8.59. The van der Waals surface area contributed by atoms with E-state index in [-0.39, 0.29) is 6.03 Å². The number of benzene rings is 1. The molecule has 0 aromatic heterocycles. The van der Waals surface area contributed by atoms with Crippen LogP contribution in [0.5, 0.6) is 5.75 Å². The third-order valence-electron chi connectivity index (χ3n) is 4.75. The van der Waals surface area contributed by atoms with Gasteiger partial charge in [-0.15, -0.1) is 0 Å². The van der Waals surface area contributed by atoms with Crippen molar-refractivity contribution < 1.29 is 19.0 Å². The molecule has 1 aromatic rings. The quantitative estimate of drug-likeness (QED) is 0.858. The van der Waals surface area contributed by atoms with Crippen LogP contribution in [0.4, 0.5) is 4.79 Å². The fourth-order valence-electron chi connectivity index (χ4n) is 3.08. The summed E-state index contributed by atoms with van der Waals surface area (Å²) >= 11 is 0. The second-order valence-electron chi connectivity index (χ2n) is 6.42. The summed E-state index contributed by atoms with van der Waals surface area (Å²) in [5, 5.41) is 2.91. The molecule has 3 rings (SSSR count). The van der Waals surface area contributed by atoms with Gasteiger partial charge in [-0.25, -0.2) is 4.79 Å². The number of urea groups is 1. The van der Waals surface area contributed by atoms with Crippen molar-refractivity contribution in [2.45, 2.75) is 32.5 Å². The van der Waals surface area contributed by atoms with Crippen molar-refractivity contribution in [2.75, 3.05) is 39.5 Å². The molecule has 0 radical (unpaired) electrons. The Hall–Kier alpha value is -1.79. The monoisotopic (exact) mass is 334 g/mol. The highest BCUT2D eigenvalue weighted by Gasteiger charge is 2.40. The molecule has 1 N–H and O–H groups in total. The zero-order valence-electron chi connectivity index (χ0n) is 14.5. The summed E-state index contributed by atoms with van der Waals surface area (Å²) in [5.74, 6) is 0.395. The van der Waals surface area contributed by atoms with E-state index in [0.717, 1.165) is 18.6 Å². The summed E-state index contributed by atoms with van der Waals surface area (Å²) in [6.45, 7) is 7.70. The van der Waals surface area contributed by atoms with Gasteiger partial charge < -0.3 is 24.4 Å². The van der Waals surface area contributed by atoms with Gasteiger partial charge in [0.2, 0.25) is 0 Å². The smallest absolute Gasteiger partial charge is 0.317 e. The minimum Gasteiger partial charge on any atom is -0.492 e. The van der Waals surface area contributed by atoms with Crippen LogP contribution in [0, 0.1) is 13.8 Å². The Labute approximate surface area is 143 Å². The van der Waals surface area contributed by atoms with Crippen LogP contribution in [0.2, 0.25) is 0 Å². The molecule has 2 fully saturated rings. The van der Waals surface area contributed by atoms with Crippen molar-refractivity contribution >= 4 is 6.03 Å². The maximum atomic E-state index is 12.2. The number of piperidine rings is 1. The van der Waals surface area contributed by atoms with E-state index in [0.29, 0.717) is 39.5 Å². The van der Waals surface area contributed by atoms with Gasteiger partial charge in [0.25, 0.3) is 0 Å². The number of nitrogens with one attached hydrogen (secondary N) is 1. The predicted molar refractivity (Wildman–Crippen MR) is 90.3 cm³/mol. The van der Waals surface area contributed by atoms with Crippen molar-refractivity contribution in [3.63, 3.8) is 0 Å². The van der Waals surface area contributed by atoms with Crippen LogP contribution in [0.25, 0.3) is 0 Å². The van der Waals surface area contributed by atoms with Gasteiger partial charge in [0.05, 0.1) is 19.8 Å². The zero-order valence-corrected chi connectivity index (χ0v) is 14.5. The minimum absolute atomic E-state index is 0.0495. The van der Waals surface area contributed by atoms with Crippen LogP contribution in [-0.4, -0.2) is 56.2 Å². The number of hydrogen-bond donors (Lipinski definition) is 1. The molecule has 2 saturated heterocycles. The number of ether oxygens (including phenoxy) is 3. The van der Waals surface area contributed by atoms with Gasteiger partial charge in [0.15, 0.2) is 5.79 Å². The lowest BCUT2D eigenvalue weighted by atomic mass is 10.0. The Morgan fingerprint density at radius 3 is 2.58 bits per heavy atom. The predicted octanol–water partition coefficient (Wildman–Crippen LogP) is 2.23. The van der Waals surface area contributed by atoms with Gasteiger partial charge >= 0.3 is 6.03 Å². The van der Waals surface area contributed by atoms with E-state index in [1.807, 2.05) is 23.1 Å². The molecule has 0 bridgehead atoms. The van der Waals surface area contributed by atoms with E-state index in [2.05, 4.69) is 19.2 Å². The number of rotatable bonds is 4. The van der Waals surface area contributed by atoms with Crippen LogP contribution < -0.4 is 10.1 Å². The molecule has 2 amide bonds. The third-order valence-corrected chi connectivity index (χ3v) is 4.75. The number of aryl methyl sites for hydroxylation is 2. The van der Waals surface area contributed by atoms with Gasteiger partial charge in [-0.3, -0.25) is 0 Å². The van der Waals surface area contributed by atoms with E-state index in [4.69, 9.17) is 14.2 Å². The Morgan fingerprint density at radius 2 is 1.92 bits per heavy atom. The van der Waals surface area contributed by atoms with Crippen molar-refractivity contribution in [1.82, 2.24) is 10.2 Å². The second-order valence-corrected chi connectivity index (χ2v) is 6.42. The first kappa shape index (κ1) is 17.0. The van der Waals surface area contributed by atoms with E-state index < -0.39 is 5.79 Å². The average molecular weight is 334 g/mol. The highest BCUT2D eigenvalue weighted by Crippen LogP contribution is 2.31. The summed E-state index contributed by atoms with van der Waals surface area (Å²) in [4.78, 5) is 14.0. The van der Waals surface area contributed by atoms with Crippen LogP contribution >= 0.6 is 0 Å². The lowest BCUT2D eigenvalue weighted by Crippen LogP contribution is -2.50. The molecule has 1 aromatic carbocycles. The highest BCUT2D eigenvalue weighted by atomic mass is 16.7. The van der Waals surface area contributed by atoms with Crippen LogP contribution in [0.15, 0.2) is 18.2 Å². The topological polar surface area (TPSA) is 60.0 Å². The summed E-state index contributed by atoms with van der Waals surface area (Å²) in [5.41, 5.74) is 2.45. The molecule has 0 unspecified atom stereocenters. The molecule has 0 atom stereocenters. The molecule has 2 aliphatic rings. The molecule has 2 aliphatic heterocycles. The van der Waals surface area contributed by atoms with Gasteiger partial charge in [0.1, 0.15) is 12.4 Å². The minimum atomic E-state index is -0.441. The molecule has 0 aliphatic carbocycles. The summed E-state index contributed by atoms with van der Waals surface area (Å²) < 4.78 is 17.0. The maximum absolute atomic E-state index is 12.2. The van der Waals surface area contributed by atoms with Crippen molar-refractivity contribution in [1.29, 1.82) is 0 Å².